The SMILES string of the molecule is CCC(C)(NC(=O)Nc1ccc(OC(C)C)cc1)C(=O)O. The molecule has 0 aliphatic rings. The van der Waals surface area contributed by atoms with Crippen LogP contribution in [-0.4, -0.2) is 28.7 Å². The zero-order valence-corrected chi connectivity index (χ0v) is 12.8. The highest BCUT2D eigenvalue weighted by atomic mass is 16.5. The first-order valence-corrected chi connectivity index (χ1v) is 6.86. The summed E-state index contributed by atoms with van der Waals surface area (Å²) in [6.45, 7) is 7.02. The Morgan fingerprint density at radius 1 is 1.29 bits per heavy atom. The standard InChI is InChI=1S/C15H22N2O4/c1-5-15(4,13(18)19)17-14(20)16-11-6-8-12(9-7-11)21-10(2)3/h6-10H,5H2,1-4H3,(H,18,19)(H2,16,17,20). The van der Waals surface area contributed by atoms with Crippen molar-refractivity contribution < 1.29 is 19.4 Å². The van der Waals surface area contributed by atoms with Gasteiger partial charge in [0.25, 0.3) is 0 Å². The third kappa shape index (κ3) is 4.98. The molecule has 0 saturated carbocycles. The van der Waals surface area contributed by atoms with E-state index in [1.807, 2.05) is 13.8 Å². The second kappa shape index (κ2) is 6.97. The Kier molecular flexibility index (Phi) is 5.58. The van der Waals surface area contributed by atoms with Crippen LogP contribution in [0.2, 0.25) is 0 Å². The van der Waals surface area contributed by atoms with Gasteiger partial charge in [-0.05, 0) is 51.5 Å². The van der Waals surface area contributed by atoms with Crippen LogP contribution in [-0.2, 0) is 4.79 Å². The van der Waals surface area contributed by atoms with Gasteiger partial charge in [-0.15, -0.1) is 0 Å². The summed E-state index contributed by atoms with van der Waals surface area (Å²) in [4.78, 5) is 23.0. The van der Waals surface area contributed by atoms with Gasteiger partial charge in [0.15, 0.2) is 0 Å². The van der Waals surface area contributed by atoms with E-state index in [-0.39, 0.29) is 12.5 Å². The predicted octanol–water partition coefficient (Wildman–Crippen LogP) is 2.85. The van der Waals surface area contributed by atoms with Gasteiger partial charge in [0, 0.05) is 5.69 Å². The third-order valence-corrected chi connectivity index (χ3v) is 3.05. The van der Waals surface area contributed by atoms with Gasteiger partial charge in [0.1, 0.15) is 11.3 Å². The molecule has 0 radical (unpaired) electrons. The Hall–Kier alpha value is -2.24. The zero-order valence-electron chi connectivity index (χ0n) is 12.8. The molecule has 21 heavy (non-hydrogen) atoms. The molecule has 1 unspecified atom stereocenters. The molecule has 0 spiro atoms. The first kappa shape index (κ1) is 16.8. The van der Waals surface area contributed by atoms with Gasteiger partial charge in [-0.2, -0.15) is 0 Å². The molecule has 0 fully saturated rings. The van der Waals surface area contributed by atoms with Crippen molar-refractivity contribution in [1.82, 2.24) is 5.32 Å². The predicted molar refractivity (Wildman–Crippen MR) is 80.7 cm³/mol. The van der Waals surface area contributed by atoms with E-state index in [1.165, 1.54) is 6.92 Å². The number of carbonyl (C=O) groups is 2. The van der Waals surface area contributed by atoms with Gasteiger partial charge < -0.3 is 20.5 Å². The highest BCUT2D eigenvalue weighted by molar-refractivity contribution is 5.93. The first-order valence-electron chi connectivity index (χ1n) is 6.86. The van der Waals surface area contributed by atoms with Crippen molar-refractivity contribution in [2.24, 2.45) is 0 Å². The van der Waals surface area contributed by atoms with E-state index in [2.05, 4.69) is 10.6 Å². The topological polar surface area (TPSA) is 87.7 Å². The Morgan fingerprint density at radius 2 is 1.86 bits per heavy atom. The molecule has 1 atom stereocenters. The summed E-state index contributed by atoms with van der Waals surface area (Å²) < 4.78 is 5.50. The lowest BCUT2D eigenvalue weighted by molar-refractivity contribution is -0.143. The number of amides is 2. The molecule has 0 heterocycles. The number of carboxylic acid groups (broad SMARTS) is 1. The summed E-state index contributed by atoms with van der Waals surface area (Å²) in [7, 11) is 0. The monoisotopic (exact) mass is 294 g/mol. The molecule has 0 saturated heterocycles. The molecule has 0 aliphatic heterocycles. The Bertz CT molecular complexity index is 499. The Labute approximate surface area is 124 Å². The van der Waals surface area contributed by atoms with Gasteiger partial charge >= 0.3 is 12.0 Å². The molecule has 3 N–H and O–H groups in total. The fourth-order valence-electron chi connectivity index (χ4n) is 1.60. The molecule has 0 bridgehead atoms. The molecular weight excluding hydrogens is 272 g/mol. The summed E-state index contributed by atoms with van der Waals surface area (Å²) in [5.41, 5.74) is -0.724. The average molecular weight is 294 g/mol. The largest absolute Gasteiger partial charge is 0.491 e. The normalized spacial score (nSPS) is 13.4. The fourth-order valence-corrected chi connectivity index (χ4v) is 1.60. The number of hydrogen-bond donors (Lipinski definition) is 3. The van der Waals surface area contributed by atoms with Gasteiger partial charge in [0.05, 0.1) is 6.10 Å². The van der Waals surface area contributed by atoms with Crippen molar-refractivity contribution in [2.45, 2.75) is 45.8 Å². The van der Waals surface area contributed by atoms with Crippen molar-refractivity contribution in [1.29, 1.82) is 0 Å². The van der Waals surface area contributed by atoms with E-state index in [0.717, 1.165) is 0 Å². The molecule has 0 aromatic heterocycles. The molecule has 116 valence electrons. The number of hydrogen-bond acceptors (Lipinski definition) is 3. The van der Waals surface area contributed by atoms with E-state index >= 15 is 0 Å². The average Bonchev–Trinajstić information content (AvgIpc) is 2.40. The second-order valence-corrected chi connectivity index (χ2v) is 5.26. The number of anilines is 1. The molecule has 2 amide bonds. The molecule has 1 aromatic rings. The smallest absolute Gasteiger partial charge is 0.329 e. The van der Waals surface area contributed by atoms with Crippen LogP contribution in [0.5, 0.6) is 5.75 Å². The lowest BCUT2D eigenvalue weighted by Gasteiger charge is -2.24. The maximum atomic E-state index is 11.8. The highest BCUT2D eigenvalue weighted by Crippen LogP contribution is 2.17. The molecule has 6 heteroatoms. The molecule has 1 aromatic carbocycles. The lowest BCUT2D eigenvalue weighted by Crippen LogP contribution is -2.53. The van der Waals surface area contributed by atoms with Crippen LogP contribution in [0.3, 0.4) is 0 Å². The van der Waals surface area contributed by atoms with Crippen molar-refractivity contribution in [3.63, 3.8) is 0 Å². The molecule has 6 nitrogen and oxygen atoms in total. The minimum Gasteiger partial charge on any atom is -0.491 e. The van der Waals surface area contributed by atoms with Crippen molar-refractivity contribution >= 4 is 17.7 Å². The van der Waals surface area contributed by atoms with E-state index in [0.29, 0.717) is 11.4 Å². The van der Waals surface area contributed by atoms with Crippen LogP contribution in [0.4, 0.5) is 10.5 Å². The van der Waals surface area contributed by atoms with Crippen molar-refractivity contribution in [2.75, 3.05) is 5.32 Å². The Balaban J connectivity index is 2.65. The van der Waals surface area contributed by atoms with Crippen LogP contribution in [0.1, 0.15) is 34.1 Å². The van der Waals surface area contributed by atoms with E-state index in [1.54, 1.807) is 31.2 Å². The quantitative estimate of drug-likeness (QED) is 0.753. The molecule has 0 aliphatic carbocycles. The number of carboxylic acids is 1. The third-order valence-electron chi connectivity index (χ3n) is 3.05. The molecular formula is C15H22N2O4. The van der Waals surface area contributed by atoms with Crippen molar-refractivity contribution in [3.8, 4) is 5.75 Å². The number of rotatable bonds is 6. The van der Waals surface area contributed by atoms with Crippen LogP contribution < -0.4 is 15.4 Å². The maximum absolute atomic E-state index is 11.8. The number of nitrogens with one attached hydrogen (secondary N) is 2. The van der Waals surface area contributed by atoms with Crippen LogP contribution in [0.25, 0.3) is 0 Å². The number of urea groups is 1. The van der Waals surface area contributed by atoms with Crippen molar-refractivity contribution in [3.05, 3.63) is 24.3 Å². The number of ether oxygens (including phenoxy) is 1. The summed E-state index contributed by atoms with van der Waals surface area (Å²) >= 11 is 0. The summed E-state index contributed by atoms with van der Waals surface area (Å²) in [6, 6.07) is 6.32. The maximum Gasteiger partial charge on any atom is 0.329 e. The van der Waals surface area contributed by atoms with E-state index in [4.69, 9.17) is 9.84 Å². The van der Waals surface area contributed by atoms with E-state index in [9.17, 15) is 9.59 Å². The van der Waals surface area contributed by atoms with Gasteiger partial charge in [0.2, 0.25) is 0 Å². The Morgan fingerprint density at radius 3 is 2.29 bits per heavy atom. The van der Waals surface area contributed by atoms with Crippen LogP contribution >= 0.6 is 0 Å². The fraction of sp³-hybridized carbons (Fsp3) is 0.467. The number of carbonyl (C=O) groups excluding carboxylic acids is 1. The van der Waals surface area contributed by atoms with Crippen LogP contribution in [0.15, 0.2) is 24.3 Å². The second-order valence-electron chi connectivity index (χ2n) is 5.26. The summed E-state index contributed by atoms with van der Waals surface area (Å²) in [5, 5.41) is 14.2. The number of benzene rings is 1. The first-order chi connectivity index (χ1) is 9.76. The van der Waals surface area contributed by atoms with E-state index < -0.39 is 17.5 Å². The zero-order chi connectivity index (χ0) is 16.0. The van der Waals surface area contributed by atoms with Gasteiger partial charge in [-0.25, -0.2) is 9.59 Å². The van der Waals surface area contributed by atoms with Gasteiger partial charge in [-0.3, -0.25) is 0 Å². The minimum absolute atomic E-state index is 0.0768. The lowest BCUT2D eigenvalue weighted by atomic mass is 10.00. The van der Waals surface area contributed by atoms with Crippen LogP contribution in [0, 0.1) is 0 Å². The molecule has 1 rings (SSSR count). The van der Waals surface area contributed by atoms with Gasteiger partial charge in [-0.1, -0.05) is 6.92 Å². The number of aliphatic carboxylic acids is 1. The minimum atomic E-state index is -1.29. The summed E-state index contributed by atoms with van der Waals surface area (Å²) in [6.07, 6.45) is 0.365. The highest BCUT2D eigenvalue weighted by Gasteiger charge is 2.32. The summed E-state index contributed by atoms with van der Waals surface area (Å²) in [5.74, 6) is -0.360.